The summed E-state index contributed by atoms with van der Waals surface area (Å²) in [4.78, 5) is 58.5. The van der Waals surface area contributed by atoms with Gasteiger partial charge in [0.25, 0.3) is 6.29 Å². The Bertz CT molecular complexity index is 1570. The highest BCUT2D eigenvalue weighted by molar-refractivity contribution is 5.76. The molecule has 0 bridgehead atoms. The molecule has 0 saturated carbocycles. The van der Waals surface area contributed by atoms with E-state index in [0.717, 1.165) is 41.5 Å². The predicted molar refractivity (Wildman–Crippen MR) is 205 cm³/mol. The Hall–Kier alpha value is -5.44. The summed E-state index contributed by atoms with van der Waals surface area (Å²) in [6.45, 7) is 6.03. The van der Waals surface area contributed by atoms with Crippen molar-refractivity contribution in [2.75, 3.05) is 52.4 Å². The van der Waals surface area contributed by atoms with Crippen molar-refractivity contribution in [1.82, 2.24) is 30.2 Å². The second-order valence-corrected chi connectivity index (χ2v) is 13.1. The summed E-state index contributed by atoms with van der Waals surface area (Å²) in [5.41, 5.74) is 15.3. The molecule has 14 heteroatoms. The van der Waals surface area contributed by atoms with Crippen molar-refractivity contribution < 1.29 is 28.7 Å². The minimum atomic E-state index is -1.14. The number of urea groups is 2. The Labute approximate surface area is 318 Å². The van der Waals surface area contributed by atoms with Gasteiger partial charge in [0.1, 0.15) is 0 Å². The van der Waals surface area contributed by atoms with Crippen LogP contribution in [-0.4, -0.2) is 102 Å². The lowest BCUT2D eigenvalue weighted by Crippen LogP contribution is -2.54. The molecule has 2 aromatic carbocycles. The number of nitrogens with two attached hydrogens (primary N) is 2. The van der Waals surface area contributed by atoms with E-state index in [9.17, 15) is 19.2 Å². The van der Waals surface area contributed by atoms with Gasteiger partial charge in [-0.3, -0.25) is 0 Å². The summed E-state index contributed by atoms with van der Waals surface area (Å²) in [6.07, 6.45) is 1.78. The number of nitrogens with one attached hydrogen (secondary N) is 2. The Morgan fingerprint density at radius 3 is 1.48 bits per heavy atom. The minimum absolute atomic E-state index is 0.223. The molecule has 0 unspecified atom stereocenters. The SMILES string of the molecule is CCCCC#CC#CCCCC(OC(=O)N1CCN(C(=O)NCc2cccc(CN)c2)CC1)OC(=O)N1CCN(C(=O)NCc2cccc(CN)c2)CC1. The number of nitrogens with zero attached hydrogens (tertiary/aromatic N) is 4. The number of carbonyl (C=O) groups excluding carboxylic acids is 4. The quantitative estimate of drug-likeness (QED) is 0.136. The van der Waals surface area contributed by atoms with Crippen LogP contribution in [0.1, 0.15) is 67.7 Å². The van der Waals surface area contributed by atoms with E-state index in [1.54, 1.807) is 9.80 Å². The summed E-state index contributed by atoms with van der Waals surface area (Å²) in [5.74, 6) is 11.7. The van der Waals surface area contributed by atoms with Crippen molar-refractivity contribution in [3.63, 3.8) is 0 Å². The smallest absolute Gasteiger partial charge is 0.409 e. The van der Waals surface area contributed by atoms with Gasteiger partial charge in [0.2, 0.25) is 0 Å². The monoisotopic (exact) mass is 742 g/mol. The van der Waals surface area contributed by atoms with E-state index in [1.165, 1.54) is 9.80 Å². The fourth-order valence-corrected chi connectivity index (χ4v) is 5.85. The van der Waals surface area contributed by atoms with E-state index in [0.29, 0.717) is 65.2 Å². The molecule has 2 aromatic rings. The Morgan fingerprint density at radius 2 is 1.06 bits per heavy atom. The van der Waals surface area contributed by atoms with E-state index < -0.39 is 18.5 Å². The van der Waals surface area contributed by atoms with Crippen LogP contribution in [0.2, 0.25) is 0 Å². The number of hydrogen-bond acceptors (Lipinski definition) is 8. The Morgan fingerprint density at radius 1 is 0.648 bits per heavy atom. The van der Waals surface area contributed by atoms with Crippen molar-refractivity contribution >= 4 is 24.2 Å². The predicted octanol–water partition coefficient (Wildman–Crippen LogP) is 3.93. The molecule has 54 heavy (non-hydrogen) atoms. The van der Waals surface area contributed by atoms with Gasteiger partial charge in [-0.1, -0.05) is 73.7 Å². The van der Waals surface area contributed by atoms with Gasteiger partial charge in [-0.2, -0.15) is 0 Å². The highest BCUT2D eigenvalue weighted by Crippen LogP contribution is 2.15. The molecule has 2 saturated heterocycles. The van der Waals surface area contributed by atoms with Gasteiger partial charge in [0.15, 0.2) is 0 Å². The first-order chi connectivity index (χ1) is 26.3. The average molecular weight is 743 g/mol. The fraction of sp³-hybridized carbons (Fsp3) is 0.500. The zero-order chi connectivity index (χ0) is 38.5. The largest absolute Gasteiger partial charge is 0.412 e. The highest BCUT2D eigenvalue weighted by Gasteiger charge is 2.30. The second-order valence-electron chi connectivity index (χ2n) is 13.1. The van der Waals surface area contributed by atoms with Crippen molar-refractivity contribution in [1.29, 1.82) is 0 Å². The van der Waals surface area contributed by atoms with Gasteiger partial charge >= 0.3 is 24.2 Å². The Kier molecular flexibility index (Phi) is 17.3. The summed E-state index contributed by atoms with van der Waals surface area (Å²) in [5, 5.41) is 5.85. The molecular formula is C40H54N8O6. The fourth-order valence-electron chi connectivity index (χ4n) is 5.85. The first-order valence-electron chi connectivity index (χ1n) is 18.8. The van der Waals surface area contributed by atoms with Crippen LogP contribution in [0.15, 0.2) is 48.5 Å². The van der Waals surface area contributed by atoms with Crippen LogP contribution in [0.5, 0.6) is 0 Å². The first-order valence-corrected chi connectivity index (χ1v) is 18.8. The van der Waals surface area contributed by atoms with Crippen molar-refractivity contribution in [3.05, 3.63) is 70.8 Å². The van der Waals surface area contributed by atoms with Crippen LogP contribution in [-0.2, 0) is 35.7 Å². The molecule has 2 aliphatic heterocycles. The van der Waals surface area contributed by atoms with Crippen molar-refractivity contribution in [2.45, 2.75) is 77.9 Å². The molecule has 4 rings (SSSR count). The lowest BCUT2D eigenvalue weighted by molar-refractivity contribution is -0.0882. The van der Waals surface area contributed by atoms with E-state index >= 15 is 0 Å². The van der Waals surface area contributed by atoms with Crippen LogP contribution in [0.3, 0.4) is 0 Å². The van der Waals surface area contributed by atoms with Gasteiger partial charge in [-0.15, -0.1) is 0 Å². The second kappa shape index (κ2) is 22.6. The maximum Gasteiger partial charge on any atom is 0.412 e. The van der Waals surface area contributed by atoms with E-state index in [1.807, 2.05) is 48.5 Å². The number of benzene rings is 2. The molecule has 6 amide bonds. The van der Waals surface area contributed by atoms with Gasteiger partial charge in [0.05, 0.1) is 0 Å². The van der Waals surface area contributed by atoms with Gasteiger partial charge in [-0.25, -0.2) is 19.2 Å². The number of amides is 6. The minimum Gasteiger partial charge on any atom is -0.409 e. The van der Waals surface area contributed by atoms with E-state index in [-0.39, 0.29) is 44.7 Å². The van der Waals surface area contributed by atoms with Gasteiger partial charge < -0.3 is 51.2 Å². The van der Waals surface area contributed by atoms with Crippen LogP contribution < -0.4 is 22.1 Å². The third kappa shape index (κ3) is 13.8. The first kappa shape index (κ1) is 41.3. The number of rotatable bonds is 13. The maximum atomic E-state index is 13.3. The summed E-state index contributed by atoms with van der Waals surface area (Å²) in [7, 11) is 0. The molecule has 6 N–H and O–H groups in total. The lowest BCUT2D eigenvalue weighted by atomic mass is 10.1. The number of ether oxygens (including phenoxy) is 2. The third-order valence-electron chi connectivity index (χ3n) is 9.09. The number of hydrogen-bond donors (Lipinski definition) is 4. The normalized spacial score (nSPS) is 14.0. The molecule has 2 aliphatic rings. The summed E-state index contributed by atoms with van der Waals surface area (Å²) in [6, 6.07) is 15.0. The molecule has 0 atom stereocenters. The van der Waals surface area contributed by atoms with Crippen LogP contribution in [0.25, 0.3) is 0 Å². The zero-order valence-corrected chi connectivity index (χ0v) is 31.3. The van der Waals surface area contributed by atoms with Crippen molar-refractivity contribution in [2.24, 2.45) is 11.5 Å². The zero-order valence-electron chi connectivity index (χ0n) is 31.3. The summed E-state index contributed by atoms with van der Waals surface area (Å²) < 4.78 is 11.5. The van der Waals surface area contributed by atoms with E-state index in [4.69, 9.17) is 20.9 Å². The van der Waals surface area contributed by atoms with Crippen molar-refractivity contribution in [3.8, 4) is 23.7 Å². The maximum absolute atomic E-state index is 13.3. The van der Waals surface area contributed by atoms with Crippen LogP contribution in [0.4, 0.5) is 19.2 Å². The number of carbonyl (C=O) groups is 4. The van der Waals surface area contributed by atoms with Crippen LogP contribution >= 0.6 is 0 Å². The molecule has 0 aliphatic carbocycles. The highest BCUT2D eigenvalue weighted by atomic mass is 16.7. The topological polar surface area (TPSA) is 176 Å². The molecule has 2 fully saturated rings. The van der Waals surface area contributed by atoms with E-state index in [2.05, 4.69) is 41.2 Å². The molecule has 14 nitrogen and oxygen atoms in total. The molecule has 0 radical (unpaired) electrons. The van der Waals surface area contributed by atoms with Gasteiger partial charge in [-0.05, 0) is 46.9 Å². The van der Waals surface area contributed by atoms with Crippen LogP contribution in [0, 0.1) is 23.7 Å². The molecule has 2 heterocycles. The third-order valence-corrected chi connectivity index (χ3v) is 9.09. The molecular weight excluding hydrogens is 688 g/mol. The number of unbranched alkanes of at least 4 members (excludes halogenated alkanes) is 3. The average Bonchev–Trinajstić information content (AvgIpc) is 3.21. The summed E-state index contributed by atoms with van der Waals surface area (Å²) >= 11 is 0. The Balaban J connectivity index is 1.25. The van der Waals surface area contributed by atoms with Gasteiger partial charge in [0, 0.05) is 97.8 Å². The standard InChI is InChI=1S/C40H54N8O6/c1-2-3-4-5-6-7-8-9-10-17-36(53-39(51)47-22-18-45(19-23-47)37(49)43-30-34-15-11-13-32(26-34)28-41)54-40(52)48-24-20-46(21-25-48)38(50)44-31-35-16-12-14-33(27-35)29-42/h11-16,26-27,36H,2-4,9-10,17-25,28-31,41-42H2,1H3,(H,43,49)(H,44,50). The molecule has 0 spiro atoms. The lowest BCUT2D eigenvalue weighted by Gasteiger charge is -2.36. The molecule has 290 valence electrons. The molecule has 0 aromatic heterocycles. The number of piperazine rings is 2.